The van der Waals surface area contributed by atoms with E-state index in [1.54, 1.807) is 0 Å². The molecule has 7 heteroatoms. The number of aryl methyl sites for hydroxylation is 1. The molecule has 0 aliphatic heterocycles. The first-order valence-electron chi connectivity index (χ1n) is 5.94. The fourth-order valence-corrected chi connectivity index (χ4v) is 2.80. The van der Waals surface area contributed by atoms with Gasteiger partial charge in [-0.3, -0.25) is 4.57 Å². The third-order valence-electron chi connectivity index (χ3n) is 3.19. The Labute approximate surface area is 131 Å². The second-order valence-corrected chi connectivity index (χ2v) is 5.84. The van der Waals surface area contributed by atoms with Crippen molar-refractivity contribution in [3.05, 3.63) is 56.5 Å². The van der Waals surface area contributed by atoms with Crippen molar-refractivity contribution in [2.45, 2.75) is 6.92 Å². The van der Waals surface area contributed by atoms with E-state index in [1.165, 1.54) is 23.6 Å². The van der Waals surface area contributed by atoms with Crippen molar-refractivity contribution in [2.75, 3.05) is 0 Å². The first-order chi connectivity index (χ1) is 9.88. The molecule has 0 fully saturated rings. The van der Waals surface area contributed by atoms with Crippen LogP contribution in [0, 0.1) is 29.1 Å². The molecule has 0 aliphatic rings. The van der Waals surface area contributed by atoms with Crippen LogP contribution in [0.5, 0.6) is 0 Å². The second kappa shape index (κ2) is 4.99. The molecule has 3 aromatic rings. The van der Waals surface area contributed by atoms with E-state index in [4.69, 9.17) is 12.2 Å². The maximum Gasteiger partial charge on any atom is 0.182 e. The summed E-state index contributed by atoms with van der Waals surface area (Å²) in [6.45, 7) is 1.47. The number of H-pyrrole nitrogens is 1. The highest BCUT2D eigenvalue weighted by Gasteiger charge is 2.15. The number of hydrogen-bond acceptors (Lipinski definition) is 1. The van der Waals surface area contributed by atoms with Gasteiger partial charge in [-0.2, -0.15) is 0 Å². The molecule has 0 saturated heterocycles. The molecule has 0 radical (unpaired) electrons. The smallest absolute Gasteiger partial charge is 0.182 e. The number of benzene rings is 2. The minimum absolute atomic E-state index is 0.0592. The Morgan fingerprint density at radius 3 is 2.48 bits per heavy atom. The highest BCUT2D eigenvalue weighted by molar-refractivity contribution is 9.10. The number of rotatable bonds is 1. The first-order valence-corrected chi connectivity index (χ1v) is 7.14. The SMILES string of the molecule is Cc1cc(F)c(-n2c(=S)[nH]c3cc(Br)c(F)cc32)cc1F. The van der Waals surface area contributed by atoms with Gasteiger partial charge in [-0.05, 0) is 52.8 Å². The van der Waals surface area contributed by atoms with Crippen molar-refractivity contribution >= 4 is 39.2 Å². The Morgan fingerprint density at radius 2 is 1.76 bits per heavy atom. The van der Waals surface area contributed by atoms with E-state index in [2.05, 4.69) is 20.9 Å². The molecule has 1 aromatic heterocycles. The second-order valence-electron chi connectivity index (χ2n) is 4.60. The lowest BCUT2D eigenvalue weighted by atomic mass is 10.2. The lowest BCUT2D eigenvalue weighted by molar-refractivity contribution is 0.586. The summed E-state index contributed by atoms with van der Waals surface area (Å²) in [6.07, 6.45) is 0. The summed E-state index contributed by atoms with van der Waals surface area (Å²) in [5.74, 6) is -1.70. The lowest BCUT2D eigenvalue weighted by Crippen LogP contribution is -2.00. The molecule has 0 atom stereocenters. The third-order valence-corrected chi connectivity index (χ3v) is 4.09. The van der Waals surface area contributed by atoms with Gasteiger partial charge in [0.25, 0.3) is 0 Å². The topological polar surface area (TPSA) is 20.7 Å². The molecule has 1 N–H and O–H groups in total. The van der Waals surface area contributed by atoms with E-state index in [-0.39, 0.29) is 20.5 Å². The van der Waals surface area contributed by atoms with Gasteiger partial charge in [-0.15, -0.1) is 0 Å². The van der Waals surface area contributed by atoms with Crippen LogP contribution in [-0.4, -0.2) is 9.55 Å². The number of aromatic amines is 1. The predicted octanol–water partition coefficient (Wildman–Crippen LogP) is 5.18. The Bertz CT molecular complexity index is 930. The molecule has 0 bridgehead atoms. The number of hydrogen-bond donors (Lipinski definition) is 1. The third kappa shape index (κ3) is 2.30. The molecule has 0 spiro atoms. The molecule has 21 heavy (non-hydrogen) atoms. The summed E-state index contributed by atoms with van der Waals surface area (Å²) in [4.78, 5) is 2.85. The van der Waals surface area contributed by atoms with E-state index in [9.17, 15) is 13.2 Å². The molecule has 2 aromatic carbocycles. The van der Waals surface area contributed by atoms with Crippen molar-refractivity contribution in [2.24, 2.45) is 0 Å². The molecule has 1 heterocycles. The minimum atomic E-state index is -0.630. The summed E-state index contributed by atoms with van der Waals surface area (Å²) < 4.78 is 43.3. The molecule has 0 unspecified atom stereocenters. The molecule has 3 rings (SSSR count). The van der Waals surface area contributed by atoms with Crippen molar-refractivity contribution in [3.63, 3.8) is 0 Å². The largest absolute Gasteiger partial charge is 0.330 e. The number of imidazole rings is 1. The quantitative estimate of drug-likeness (QED) is 0.584. The predicted molar refractivity (Wildman–Crippen MR) is 80.8 cm³/mol. The van der Waals surface area contributed by atoms with Crippen LogP contribution in [0.1, 0.15) is 5.56 Å². The zero-order chi connectivity index (χ0) is 15.3. The van der Waals surface area contributed by atoms with Crippen LogP contribution in [0.15, 0.2) is 28.7 Å². The van der Waals surface area contributed by atoms with Gasteiger partial charge in [0.15, 0.2) is 4.77 Å². The first kappa shape index (κ1) is 14.3. The Morgan fingerprint density at radius 1 is 1.05 bits per heavy atom. The summed E-state index contributed by atoms with van der Waals surface area (Å²) in [5.41, 5.74) is 0.990. The zero-order valence-electron chi connectivity index (χ0n) is 10.7. The maximum atomic E-state index is 14.1. The van der Waals surface area contributed by atoms with Gasteiger partial charge in [0, 0.05) is 12.1 Å². The monoisotopic (exact) mass is 372 g/mol. The van der Waals surface area contributed by atoms with E-state index >= 15 is 0 Å². The van der Waals surface area contributed by atoms with E-state index in [0.29, 0.717) is 11.0 Å². The number of fused-ring (bicyclic) bond motifs is 1. The summed E-state index contributed by atoms with van der Waals surface area (Å²) >= 11 is 8.21. The maximum absolute atomic E-state index is 14.1. The number of nitrogens with zero attached hydrogens (tertiary/aromatic N) is 1. The normalized spacial score (nSPS) is 11.3. The molecule has 0 amide bonds. The van der Waals surface area contributed by atoms with Crippen LogP contribution in [0.4, 0.5) is 13.2 Å². The van der Waals surface area contributed by atoms with Crippen LogP contribution in [-0.2, 0) is 0 Å². The van der Waals surface area contributed by atoms with Gasteiger partial charge in [-0.1, -0.05) is 0 Å². The minimum Gasteiger partial charge on any atom is -0.330 e. The molecule has 0 aliphatic carbocycles. The zero-order valence-corrected chi connectivity index (χ0v) is 13.1. The van der Waals surface area contributed by atoms with Gasteiger partial charge in [-0.25, -0.2) is 13.2 Å². The van der Waals surface area contributed by atoms with Crippen LogP contribution in [0.2, 0.25) is 0 Å². The fourth-order valence-electron chi connectivity index (χ4n) is 2.15. The van der Waals surface area contributed by atoms with Gasteiger partial charge in [0.2, 0.25) is 0 Å². The Balaban J connectivity index is 2.40. The van der Waals surface area contributed by atoms with Gasteiger partial charge in [0.1, 0.15) is 17.5 Å². The van der Waals surface area contributed by atoms with E-state index in [1.807, 2.05) is 0 Å². The van der Waals surface area contributed by atoms with Crippen molar-refractivity contribution in [1.82, 2.24) is 9.55 Å². The number of halogens is 4. The average Bonchev–Trinajstić information content (AvgIpc) is 2.70. The molecule has 108 valence electrons. The Hall–Kier alpha value is -1.60. The summed E-state index contributed by atoms with van der Waals surface area (Å²) in [5, 5.41) is 0. The molecule has 2 nitrogen and oxygen atoms in total. The van der Waals surface area contributed by atoms with Crippen molar-refractivity contribution < 1.29 is 13.2 Å². The fraction of sp³-hybridized carbons (Fsp3) is 0.0714. The van der Waals surface area contributed by atoms with Crippen molar-refractivity contribution in [3.8, 4) is 5.69 Å². The Kier molecular flexibility index (Phi) is 3.41. The lowest BCUT2D eigenvalue weighted by Gasteiger charge is -2.08. The van der Waals surface area contributed by atoms with Gasteiger partial charge < -0.3 is 4.98 Å². The highest BCUT2D eigenvalue weighted by atomic mass is 79.9. The number of nitrogens with one attached hydrogen (secondary N) is 1. The summed E-state index contributed by atoms with van der Waals surface area (Å²) in [6, 6.07) is 4.84. The van der Waals surface area contributed by atoms with Crippen LogP contribution in [0.3, 0.4) is 0 Å². The van der Waals surface area contributed by atoms with E-state index in [0.717, 1.165) is 12.1 Å². The van der Waals surface area contributed by atoms with Crippen LogP contribution in [0.25, 0.3) is 16.7 Å². The van der Waals surface area contributed by atoms with Gasteiger partial charge >= 0.3 is 0 Å². The molecular weight excluding hydrogens is 365 g/mol. The van der Waals surface area contributed by atoms with E-state index < -0.39 is 17.5 Å². The van der Waals surface area contributed by atoms with Crippen molar-refractivity contribution in [1.29, 1.82) is 0 Å². The standard InChI is InChI=1S/C14H8BrF3N2S/c1-6-2-10(18)12(4-8(6)16)20-13-5-9(17)7(15)3-11(13)19-14(20)21/h2-5H,1H3,(H,19,21). The highest BCUT2D eigenvalue weighted by Crippen LogP contribution is 2.27. The van der Waals surface area contributed by atoms with Crippen LogP contribution >= 0.6 is 28.1 Å². The number of aromatic nitrogens is 2. The van der Waals surface area contributed by atoms with Gasteiger partial charge in [0.05, 0.1) is 21.2 Å². The van der Waals surface area contributed by atoms with Crippen LogP contribution < -0.4 is 0 Å². The molecular formula is C14H8BrF3N2S. The molecule has 0 saturated carbocycles. The summed E-state index contributed by atoms with van der Waals surface area (Å²) in [7, 11) is 0. The average molecular weight is 373 g/mol.